The van der Waals surface area contributed by atoms with Crippen molar-refractivity contribution in [3.05, 3.63) is 65.7 Å². The number of amides is 1. The van der Waals surface area contributed by atoms with Gasteiger partial charge in [-0.1, -0.05) is 37.3 Å². The summed E-state index contributed by atoms with van der Waals surface area (Å²) in [5, 5.41) is 20.3. The van der Waals surface area contributed by atoms with E-state index in [2.05, 4.69) is 11.8 Å². The van der Waals surface area contributed by atoms with Crippen LogP contribution in [0.15, 0.2) is 54.6 Å². The van der Waals surface area contributed by atoms with Crippen LogP contribution in [0, 0.1) is 16.7 Å². The monoisotopic (exact) mass is 491 g/mol. The molecule has 1 heterocycles. The fraction of sp³-hybridized carbons (Fsp3) is 0.567. The van der Waals surface area contributed by atoms with Gasteiger partial charge in [0.15, 0.2) is 0 Å². The van der Waals surface area contributed by atoms with E-state index in [0.717, 1.165) is 50.6 Å². The van der Waals surface area contributed by atoms with E-state index in [0.29, 0.717) is 18.5 Å². The van der Waals surface area contributed by atoms with Gasteiger partial charge in [-0.3, -0.25) is 9.69 Å². The Kier molecular flexibility index (Phi) is 6.88. The maximum absolute atomic E-state index is 13.4. The summed E-state index contributed by atoms with van der Waals surface area (Å²) in [6.45, 7) is 4.27. The Hall–Kier alpha value is -2.41. The molecule has 0 spiro atoms. The van der Waals surface area contributed by atoms with E-state index in [1.165, 1.54) is 5.56 Å². The number of hydrogen-bond donors (Lipinski definition) is 3. The predicted octanol–water partition coefficient (Wildman–Crippen LogP) is 3.67. The number of hydrogen-bond acceptors (Lipinski definition) is 5. The first-order valence-electron chi connectivity index (χ1n) is 13.5. The molecule has 3 aliphatic rings. The highest BCUT2D eigenvalue weighted by Crippen LogP contribution is 2.69. The Labute approximate surface area is 215 Å². The van der Waals surface area contributed by atoms with Crippen LogP contribution in [0.5, 0.6) is 5.75 Å². The number of carbonyl (C=O) groups excluding carboxylic acids is 1. The van der Waals surface area contributed by atoms with Crippen LogP contribution < -0.4 is 5.73 Å². The minimum absolute atomic E-state index is 0.118. The Balaban J connectivity index is 1.45. The fourth-order valence-electron chi connectivity index (χ4n) is 8.19. The first kappa shape index (κ1) is 25.2. The van der Waals surface area contributed by atoms with Gasteiger partial charge in [0.05, 0.1) is 6.10 Å². The molecule has 2 saturated carbocycles. The van der Waals surface area contributed by atoms with E-state index < -0.39 is 6.10 Å². The quantitative estimate of drug-likeness (QED) is 0.550. The zero-order valence-corrected chi connectivity index (χ0v) is 21.6. The molecule has 0 radical (unpaired) electrons. The number of benzene rings is 2. The Morgan fingerprint density at radius 3 is 2.50 bits per heavy atom. The summed E-state index contributed by atoms with van der Waals surface area (Å²) in [5.74, 6) is 0.869. The molecule has 0 aromatic heterocycles. The highest BCUT2D eigenvalue weighted by Gasteiger charge is 2.67. The van der Waals surface area contributed by atoms with Crippen molar-refractivity contribution in [1.29, 1.82) is 0 Å². The highest BCUT2D eigenvalue weighted by molar-refractivity contribution is 5.94. The first-order valence-corrected chi connectivity index (χ1v) is 13.5. The van der Waals surface area contributed by atoms with Crippen LogP contribution in [0.1, 0.15) is 54.9 Å². The molecular weight excluding hydrogens is 450 g/mol. The number of rotatable bonds is 7. The zero-order chi connectivity index (χ0) is 25.5. The number of phenolic OH excluding ortho intramolecular Hbond substituents is 1. The number of likely N-dealkylation sites (tertiary alicyclic amines) is 1. The molecule has 6 heteroatoms. The maximum Gasteiger partial charge on any atom is 0.253 e. The summed E-state index contributed by atoms with van der Waals surface area (Å²) in [6, 6.07) is 17.8. The first-order chi connectivity index (χ1) is 17.3. The number of piperidine rings is 1. The van der Waals surface area contributed by atoms with E-state index >= 15 is 0 Å². The van der Waals surface area contributed by atoms with Crippen LogP contribution in [0.25, 0.3) is 0 Å². The molecule has 36 heavy (non-hydrogen) atoms. The number of aliphatic hydroxyl groups is 1. The zero-order valence-electron chi connectivity index (χ0n) is 21.6. The van der Waals surface area contributed by atoms with Crippen molar-refractivity contribution >= 4 is 5.91 Å². The molecule has 6 nitrogen and oxygen atoms in total. The van der Waals surface area contributed by atoms with Gasteiger partial charge in [-0.25, -0.2) is 0 Å². The second kappa shape index (κ2) is 9.81. The van der Waals surface area contributed by atoms with Gasteiger partial charge in [0, 0.05) is 37.8 Å². The second-order valence-corrected chi connectivity index (χ2v) is 11.6. The van der Waals surface area contributed by atoms with Crippen LogP contribution >= 0.6 is 0 Å². The molecule has 1 saturated heterocycles. The van der Waals surface area contributed by atoms with Crippen LogP contribution in [0.3, 0.4) is 0 Å². The van der Waals surface area contributed by atoms with Gasteiger partial charge >= 0.3 is 0 Å². The molecule has 2 aromatic rings. The van der Waals surface area contributed by atoms with E-state index in [1.807, 2.05) is 54.4 Å². The normalized spacial score (nSPS) is 32.6. The third-order valence-electron chi connectivity index (χ3n) is 10.1. The van der Waals surface area contributed by atoms with Gasteiger partial charge < -0.3 is 20.8 Å². The number of β-amino-alcohol motifs (C(OH)–C–C–N with tert-alkyl or cyclic N) is 1. The minimum Gasteiger partial charge on any atom is -0.508 e. The molecule has 4 N–H and O–H groups in total. The van der Waals surface area contributed by atoms with Crippen molar-refractivity contribution in [2.24, 2.45) is 22.5 Å². The topological polar surface area (TPSA) is 90.0 Å². The Morgan fingerprint density at radius 1 is 1.11 bits per heavy atom. The van der Waals surface area contributed by atoms with Gasteiger partial charge in [-0.05, 0) is 91.6 Å². The van der Waals surface area contributed by atoms with E-state index in [4.69, 9.17) is 5.73 Å². The van der Waals surface area contributed by atoms with Crippen molar-refractivity contribution in [2.45, 2.75) is 63.6 Å². The average Bonchev–Trinajstić information content (AvgIpc) is 3.05. The molecule has 3 fully saturated rings. The van der Waals surface area contributed by atoms with Crippen molar-refractivity contribution in [3.8, 4) is 5.75 Å². The molecule has 1 aliphatic heterocycles. The van der Waals surface area contributed by atoms with Crippen LogP contribution in [0.2, 0.25) is 0 Å². The molecule has 1 amide bonds. The number of aromatic hydroxyl groups is 1. The molecule has 2 bridgehead atoms. The van der Waals surface area contributed by atoms with Gasteiger partial charge in [-0.2, -0.15) is 0 Å². The number of carbonyl (C=O) groups is 1. The van der Waals surface area contributed by atoms with Crippen LogP contribution in [0.4, 0.5) is 0 Å². The lowest BCUT2D eigenvalue weighted by Crippen LogP contribution is -2.66. The molecule has 2 aromatic carbocycles. The van der Waals surface area contributed by atoms with Crippen molar-refractivity contribution in [2.75, 3.05) is 26.7 Å². The summed E-state index contributed by atoms with van der Waals surface area (Å²) in [6.07, 6.45) is 5.80. The highest BCUT2D eigenvalue weighted by atomic mass is 16.3. The summed E-state index contributed by atoms with van der Waals surface area (Å²) < 4.78 is 0. The molecule has 194 valence electrons. The largest absolute Gasteiger partial charge is 0.508 e. The molecule has 5 rings (SSSR count). The lowest BCUT2D eigenvalue weighted by molar-refractivity contribution is -0.135. The smallest absolute Gasteiger partial charge is 0.253 e. The second-order valence-electron chi connectivity index (χ2n) is 11.6. The van der Waals surface area contributed by atoms with E-state index in [-0.39, 0.29) is 35.1 Å². The van der Waals surface area contributed by atoms with Crippen LogP contribution in [-0.2, 0) is 6.42 Å². The lowest BCUT2D eigenvalue weighted by Gasteiger charge is -2.63. The average molecular weight is 492 g/mol. The number of aliphatic hydroxyl groups excluding tert-OH is 1. The summed E-state index contributed by atoms with van der Waals surface area (Å²) in [4.78, 5) is 17.9. The number of nitrogens with two attached hydrogens (primary N) is 1. The maximum atomic E-state index is 13.4. The van der Waals surface area contributed by atoms with Crippen molar-refractivity contribution < 1.29 is 15.0 Å². The number of nitrogens with zero attached hydrogens (tertiary/aromatic N) is 2. The molecule has 6 atom stereocenters. The standard InChI is InChI=1S/C30H41N3O3/c1-29-16-17-33(20-24(35)19-31)27(18-21-8-10-23(34)11-9-21)30(29)14-12-25(29)26(13-15-30)32(2)28(36)22-6-4-3-5-7-22/h3-11,24-27,34-35H,12-20,31H2,1-2H3. The third-order valence-corrected chi connectivity index (χ3v) is 10.1. The van der Waals surface area contributed by atoms with Crippen molar-refractivity contribution in [1.82, 2.24) is 9.80 Å². The molecule has 6 unspecified atom stereocenters. The van der Waals surface area contributed by atoms with E-state index in [1.54, 1.807) is 12.1 Å². The van der Waals surface area contributed by atoms with Gasteiger partial charge in [0.1, 0.15) is 5.75 Å². The molecular formula is C30H41N3O3. The third kappa shape index (κ3) is 4.13. The Bertz CT molecular complexity index is 1060. The predicted molar refractivity (Wildman–Crippen MR) is 142 cm³/mol. The lowest BCUT2D eigenvalue weighted by atomic mass is 9.49. The summed E-state index contributed by atoms with van der Waals surface area (Å²) in [7, 11) is 2.00. The summed E-state index contributed by atoms with van der Waals surface area (Å²) >= 11 is 0. The van der Waals surface area contributed by atoms with Crippen molar-refractivity contribution in [3.63, 3.8) is 0 Å². The van der Waals surface area contributed by atoms with E-state index in [9.17, 15) is 15.0 Å². The van der Waals surface area contributed by atoms with Gasteiger partial charge in [0.2, 0.25) is 0 Å². The number of phenols is 1. The fourth-order valence-corrected chi connectivity index (χ4v) is 8.19. The molecule has 2 aliphatic carbocycles. The van der Waals surface area contributed by atoms with Crippen LogP contribution in [-0.4, -0.2) is 70.8 Å². The summed E-state index contributed by atoms with van der Waals surface area (Å²) in [5.41, 5.74) is 8.06. The Morgan fingerprint density at radius 2 is 1.81 bits per heavy atom. The minimum atomic E-state index is -0.531. The SMILES string of the molecule is CN(C(=O)c1ccccc1)C1CCC23CCC1C2(C)CCN(CC(O)CN)C3Cc1ccc(O)cc1. The van der Waals surface area contributed by atoms with Gasteiger partial charge in [-0.15, -0.1) is 0 Å². The van der Waals surface area contributed by atoms with Gasteiger partial charge in [0.25, 0.3) is 5.91 Å².